The van der Waals surface area contributed by atoms with Gasteiger partial charge in [0, 0.05) is 18.4 Å². The van der Waals surface area contributed by atoms with Gasteiger partial charge in [-0.25, -0.2) is 0 Å². The van der Waals surface area contributed by atoms with Gasteiger partial charge in [0.15, 0.2) is 18.9 Å². The van der Waals surface area contributed by atoms with E-state index < -0.39 is 128 Å². The Hall–Kier alpha value is -0.980. The van der Waals surface area contributed by atoms with Gasteiger partial charge in [0.25, 0.3) is 0 Å². The summed E-state index contributed by atoms with van der Waals surface area (Å²) in [6.07, 6.45) is -14.8. The lowest BCUT2D eigenvalue weighted by Gasteiger charge is -2.72. The van der Waals surface area contributed by atoms with Gasteiger partial charge in [0.1, 0.15) is 67.1 Å². The van der Waals surface area contributed by atoms with E-state index in [1.165, 1.54) is 12.5 Å². The second kappa shape index (κ2) is 18.3. The molecule has 4 saturated carbocycles. The van der Waals surface area contributed by atoms with Crippen LogP contribution in [0.3, 0.4) is 0 Å². The molecule has 0 radical (unpaired) electrons. The normalized spacial score (nSPS) is 55.5. The zero-order chi connectivity index (χ0) is 47.3. The van der Waals surface area contributed by atoms with E-state index in [4.69, 9.17) is 33.2 Å². The molecule has 25 unspecified atom stereocenters. The van der Waals surface area contributed by atoms with E-state index >= 15 is 0 Å². The molecule has 0 amide bonds. The molecule has 7 fully saturated rings. The summed E-state index contributed by atoms with van der Waals surface area (Å²) in [7, 11) is 1.78. The minimum absolute atomic E-state index is 0.0397. The number of allylic oxidation sites excluding steroid dienone is 1. The summed E-state index contributed by atoms with van der Waals surface area (Å²) < 4.78 is 42.8. The van der Waals surface area contributed by atoms with Crippen LogP contribution in [0, 0.1) is 44.8 Å². The Labute approximate surface area is 381 Å². The maximum atomic E-state index is 12.0. The second-order valence-corrected chi connectivity index (χ2v) is 22.4. The van der Waals surface area contributed by atoms with Crippen LogP contribution in [0.15, 0.2) is 11.6 Å². The van der Waals surface area contributed by atoms with Gasteiger partial charge in [-0.05, 0) is 85.4 Å². The minimum atomic E-state index is -1.77. The van der Waals surface area contributed by atoms with Crippen molar-refractivity contribution in [1.29, 1.82) is 0 Å². The Balaban J connectivity index is 1.04. The van der Waals surface area contributed by atoms with E-state index in [-0.39, 0.29) is 46.7 Å². The number of aliphatic hydroxyl groups is 11. The first kappa shape index (κ1) is 50.4. The van der Waals surface area contributed by atoms with Crippen LogP contribution in [0.2, 0.25) is 0 Å². The predicted molar refractivity (Wildman–Crippen MR) is 227 cm³/mol. The fraction of sp³-hybridized carbons (Fsp3) is 0.957. The molecule has 0 bridgehead atoms. The van der Waals surface area contributed by atoms with Gasteiger partial charge in [-0.1, -0.05) is 59.1 Å². The Kier molecular flexibility index (Phi) is 14.2. The molecular formula is C47H78O18. The van der Waals surface area contributed by atoms with Crippen LogP contribution in [-0.2, 0) is 33.2 Å². The second-order valence-electron chi connectivity index (χ2n) is 22.4. The number of hydrogen-bond donors (Lipinski definition) is 11. The molecule has 0 aromatic rings. The number of methoxy groups -OCH3 is 1. The molecule has 374 valence electrons. The summed E-state index contributed by atoms with van der Waals surface area (Å²) in [6.45, 7) is 11.6. The van der Waals surface area contributed by atoms with Crippen LogP contribution >= 0.6 is 0 Å². The van der Waals surface area contributed by atoms with Gasteiger partial charge in [0.2, 0.25) is 0 Å². The van der Waals surface area contributed by atoms with Crippen molar-refractivity contribution in [1.82, 2.24) is 0 Å². The Morgan fingerprint density at radius 1 is 0.677 bits per heavy atom. The SMILES string of the molecule is COC1C=C2C3CCCCC3(CO)C(O)CC2(C)C2(C)CCC3C(C)(C)C(OC4OC(COC5OC(CO)C(O)C(O)C5O)C(OC5OC(C)C(O)C(O)C5O)C(O)C4O)CCC3(C)C12. The summed E-state index contributed by atoms with van der Waals surface area (Å²) in [4.78, 5) is 0. The lowest BCUT2D eigenvalue weighted by molar-refractivity contribution is -0.374. The first-order valence-electron chi connectivity index (χ1n) is 24.0. The maximum absolute atomic E-state index is 12.0. The maximum Gasteiger partial charge on any atom is 0.187 e. The summed E-state index contributed by atoms with van der Waals surface area (Å²) in [6, 6.07) is 0. The van der Waals surface area contributed by atoms with Gasteiger partial charge in [-0.15, -0.1) is 0 Å². The zero-order valence-electron chi connectivity index (χ0n) is 39.0. The molecule has 25 atom stereocenters. The summed E-state index contributed by atoms with van der Waals surface area (Å²) >= 11 is 0. The molecule has 3 saturated heterocycles. The third-order valence-electron chi connectivity index (χ3n) is 19.0. The zero-order valence-corrected chi connectivity index (χ0v) is 39.0. The van der Waals surface area contributed by atoms with E-state index in [0.29, 0.717) is 12.8 Å². The fourth-order valence-electron chi connectivity index (χ4n) is 15.1. The Morgan fingerprint density at radius 3 is 2.00 bits per heavy atom. The van der Waals surface area contributed by atoms with Crippen molar-refractivity contribution in [3.8, 4) is 0 Å². The first-order chi connectivity index (χ1) is 30.6. The van der Waals surface area contributed by atoms with Crippen LogP contribution < -0.4 is 0 Å². The standard InChI is InChI=1S/C47H78O18/c1-21-30(51)32(53)36(57)41(61-21)65-38-26(19-60-40-35(56)33(54)31(52)25(18-48)62-40)63-42(37(58)34(38)55)64-29-12-14-44(4)27(43(29,2)3)11-15-45(5)39(44)24(59-7)16-23-22-10-8-9-13-47(22,20-49)28(50)17-46(23,45)6/h16,21-22,24-42,48-58H,8-15,17-20H2,1-7H3. The molecule has 65 heavy (non-hydrogen) atoms. The van der Waals surface area contributed by atoms with Gasteiger partial charge >= 0.3 is 0 Å². The van der Waals surface area contributed by atoms with E-state index in [0.717, 1.165) is 44.9 Å². The number of hydrogen-bond acceptors (Lipinski definition) is 18. The Bertz CT molecular complexity index is 1700. The van der Waals surface area contributed by atoms with Crippen LogP contribution in [0.5, 0.6) is 0 Å². The van der Waals surface area contributed by atoms with Crippen molar-refractivity contribution in [3.63, 3.8) is 0 Å². The highest BCUT2D eigenvalue weighted by atomic mass is 16.8. The molecule has 3 aliphatic heterocycles. The van der Waals surface area contributed by atoms with Gasteiger partial charge in [0.05, 0.1) is 44.2 Å². The molecule has 18 heteroatoms. The monoisotopic (exact) mass is 931 g/mol. The molecule has 0 aromatic heterocycles. The molecule has 8 rings (SSSR count). The average molecular weight is 931 g/mol. The predicted octanol–water partition coefficient (Wildman–Crippen LogP) is -0.399. The van der Waals surface area contributed by atoms with E-state index in [1.54, 1.807) is 7.11 Å². The van der Waals surface area contributed by atoms with Crippen molar-refractivity contribution >= 4 is 0 Å². The average Bonchev–Trinajstić information content (AvgIpc) is 3.27. The third-order valence-corrected chi connectivity index (χ3v) is 19.0. The highest BCUT2D eigenvalue weighted by molar-refractivity contribution is 5.36. The van der Waals surface area contributed by atoms with E-state index in [1.807, 2.05) is 0 Å². The minimum Gasteiger partial charge on any atom is -0.396 e. The highest BCUT2D eigenvalue weighted by Gasteiger charge is 2.71. The van der Waals surface area contributed by atoms with Crippen LogP contribution in [0.1, 0.15) is 99.3 Å². The molecule has 18 nitrogen and oxygen atoms in total. The van der Waals surface area contributed by atoms with E-state index in [2.05, 4.69) is 40.7 Å². The van der Waals surface area contributed by atoms with E-state index in [9.17, 15) is 56.2 Å². The lowest BCUT2D eigenvalue weighted by atomic mass is 9.33. The number of rotatable bonds is 10. The van der Waals surface area contributed by atoms with Crippen LogP contribution in [-0.4, -0.2) is 194 Å². The van der Waals surface area contributed by atoms with Crippen molar-refractivity contribution in [2.45, 2.75) is 210 Å². The van der Waals surface area contributed by atoms with Crippen molar-refractivity contribution in [2.24, 2.45) is 44.8 Å². The highest BCUT2D eigenvalue weighted by Crippen LogP contribution is 2.75. The van der Waals surface area contributed by atoms with Crippen molar-refractivity contribution in [2.75, 3.05) is 26.9 Å². The topological polar surface area (TPSA) is 287 Å². The van der Waals surface area contributed by atoms with Gasteiger partial charge < -0.3 is 89.3 Å². The molecule has 3 heterocycles. The fourth-order valence-corrected chi connectivity index (χ4v) is 15.1. The van der Waals surface area contributed by atoms with Gasteiger partial charge in [-0.3, -0.25) is 0 Å². The Morgan fingerprint density at radius 2 is 1.32 bits per heavy atom. The molecule has 0 spiro atoms. The quantitative estimate of drug-likeness (QED) is 0.0982. The summed E-state index contributed by atoms with van der Waals surface area (Å²) in [5.41, 5.74) is -0.555. The largest absolute Gasteiger partial charge is 0.396 e. The third kappa shape index (κ3) is 7.84. The summed E-state index contributed by atoms with van der Waals surface area (Å²) in [5.74, 6) is 0.252. The van der Waals surface area contributed by atoms with Crippen molar-refractivity contribution < 1.29 is 89.3 Å². The van der Waals surface area contributed by atoms with Crippen LogP contribution in [0.4, 0.5) is 0 Å². The molecule has 8 aliphatic rings. The van der Waals surface area contributed by atoms with Crippen molar-refractivity contribution in [3.05, 3.63) is 11.6 Å². The molecular weight excluding hydrogens is 852 g/mol. The number of fused-ring (bicyclic) bond motifs is 7. The lowest BCUT2D eigenvalue weighted by Crippen LogP contribution is -2.69. The molecule has 0 aromatic carbocycles. The van der Waals surface area contributed by atoms with Crippen LogP contribution in [0.25, 0.3) is 0 Å². The smallest absolute Gasteiger partial charge is 0.187 e. The molecule has 5 aliphatic carbocycles. The summed E-state index contributed by atoms with van der Waals surface area (Å²) in [5, 5.41) is 119. The van der Waals surface area contributed by atoms with Gasteiger partial charge in [-0.2, -0.15) is 0 Å². The first-order valence-corrected chi connectivity index (χ1v) is 24.0. The number of ether oxygens (including phenoxy) is 7. The molecule has 11 N–H and O–H groups in total. The number of aliphatic hydroxyl groups excluding tert-OH is 11.